The summed E-state index contributed by atoms with van der Waals surface area (Å²) in [6.07, 6.45) is 14.2. The standard InChI is InChI=1S/C13H19N3O4S2/c1-21(17,18)14-6-7-15-22(19,20)11-12-5-9-16-8-3-2-4-13(16)10-12/h2-5,8-10,12,14-15H,6-7,11H2,1H3. The minimum atomic E-state index is -3.48. The minimum absolute atomic E-state index is 0.0250. The maximum absolute atomic E-state index is 12.0. The van der Waals surface area contributed by atoms with Crippen LogP contribution in [0.15, 0.2) is 48.5 Å². The van der Waals surface area contributed by atoms with E-state index in [-0.39, 0.29) is 24.8 Å². The van der Waals surface area contributed by atoms with Gasteiger partial charge in [0.25, 0.3) is 0 Å². The van der Waals surface area contributed by atoms with Gasteiger partial charge < -0.3 is 4.90 Å². The fourth-order valence-corrected chi connectivity index (χ4v) is 3.80. The maximum atomic E-state index is 12.0. The van der Waals surface area contributed by atoms with Gasteiger partial charge in [-0.2, -0.15) is 0 Å². The zero-order valence-electron chi connectivity index (χ0n) is 12.1. The van der Waals surface area contributed by atoms with E-state index in [1.165, 1.54) is 0 Å². The molecule has 0 aliphatic carbocycles. The van der Waals surface area contributed by atoms with Crippen molar-refractivity contribution < 1.29 is 16.8 Å². The second-order valence-corrected chi connectivity index (χ2v) is 8.73. The van der Waals surface area contributed by atoms with Crippen LogP contribution in [0.3, 0.4) is 0 Å². The molecule has 2 aliphatic rings. The Labute approximate surface area is 131 Å². The first-order chi connectivity index (χ1) is 10.3. The van der Waals surface area contributed by atoms with Gasteiger partial charge in [-0.15, -0.1) is 0 Å². The summed E-state index contributed by atoms with van der Waals surface area (Å²) in [5.74, 6) is -0.292. The number of fused-ring (bicyclic) bond motifs is 1. The van der Waals surface area contributed by atoms with Crippen LogP contribution in [0.2, 0.25) is 0 Å². The summed E-state index contributed by atoms with van der Waals surface area (Å²) in [5.41, 5.74) is 0.934. The number of hydrogen-bond donors (Lipinski definition) is 2. The molecule has 2 N–H and O–H groups in total. The zero-order chi connectivity index (χ0) is 16.2. The van der Waals surface area contributed by atoms with Crippen LogP contribution in [-0.4, -0.2) is 46.8 Å². The van der Waals surface area contributed by atoms with Crippen molar-refractivity contribution in [1.29, 1.82) is 0 Å². The maximum Gasteiger partial charge on any atom is 0.212 e. The predicted molar refractivity (Wildman–Crippen MR) is 85.5 cm³/mol. The number of sulfonamides is 2. The predicted octanol–water partition coefficient (Wildman–Crippen LogP) is -0.132. The molecule has 0 radical (unpaired) electrons. The summed E-state index contributed by atoms with van der Waals surface area (Å²) in [5, 5.41) is 0. The lowest BCUT2D eigenvalue weighted by atomic mass is 10.1. The Balaban J connectivity index is 1.86. The van der Waals surface area contributed by atoms with Crippen molar-refractivity contribution in [2.45, 2.75) is 0 Å². The van der Waals surface area contributed by atoms with Crippen LogP contribution < -0.4 is 9.44 Å². The first-order valence-corrected chi connectivity index (χ1v) is 10.2. The third-order valence-electron chi connectivity index (χ3n) is 3.02. The summed E-state index contributed by atoms with van der Waals surface area (Å²) < 4.78 is 50.4. The van der Waals surface area contributed by atoms with Gasteiger partial charge in [0.1, 0.15) is 0 Å². The zero-order valence-corrected chi connectivity index (χ0v) is 13.8. The van der Waals surface area contributed by atoms with Crippen molar-refractivity contribution in [3.8, 4) is 0 Å². The van der Waals surface area contributed by atoms with E-state index >= 15 is 0 Å². The molecular formula is C13H19N3O4S2. The average Bonchev–Trinajstić information content (AvgIpc) is 2.42. The molecular weight excluding hydrogens is 326 g/mol. The van der Waals surface area contributed by atoms with Crippen molar-refractivity contribution in [2.24, 2.45) is 5.92 Å². The molecule has 0 spiro atoms. The molecule has 7 nitrogen and oxygen atoms in total. The van der Waals surface area contributed by atoms with Gasteiger partial charge in [0, 0.05) is 37.1 Å². The molecule has 1 unspecified atom stereocenters. The lowest BCUT2D eigenvalue weighted by Crippen LogP contribution is -2.36. The van der Waals surface area contributed by atoms with Crippen molar-refractivity contribution in [3.63, 3.8) is 0 Å². The number of rotatable bonds is 7. The van der Waals surface area contributed by atoms with E-state index in [2.05, 4.69) is 9.44 Å². The summed E-state index contributed by atoms with van der Waals surface area (Å²) in [4.78, 5) is 1.91. The fraction of sp³-hybridized carbons (Fsp3) is 0.385. The Bertz CT molecular complexity index is 733. The quantitative estimate of drug-likeness (QED) is 0.627. The Morgan fingerprint density at radius 1 is 1.09 bits per heavy atom. The summed E-state index contributed by atoms with van der Waals surface area (Å²) in [6.45, 7) is 0.0537. The van der Waals surface area contributed by atoms with E-state index in [0.717, 1.165) is 12.0 Å². The van der Waals surface area contributed by atoms with E-state index in [0.29, 0.717) is 0 Å². The molecule has 2 rings (SSSR count). The van der Waals surface area contributed by atoms with Crippen LogP contribution in [0, 0.1) is 5.92 Å². The number of nitrogens with zero attached hydrogens (tertiary/aromatic N) is 1. The highest BCUT2D eigenvalue weighted by Crippen LogP contribution is 2.22. The highest BCUT2D eigenvalue weighted by molar-refractivity contribution is 7.89. The first kappa shape index (κ1) is 16.9. The minimum Gasteiger partial charge on any atom is -0.324 e. The van der Waals surface area contributed by atoms with Gasteiger partial charge in [0.15, 0.2) is 0 Å². The molecule has 2 heterocycles. The molecule has 0 bridgehead atoms. The fourth-order valence-electron chi connectivity index (χ4n) is 2.08. The second kappa shape index (κ2) is 6.78. The Morgan fingerprint density at radius 2 is 1.82 bits per heavy atom. The molecule has 0 aromatic carbocycles. The molecule has 0 saturated heterocycles. The molecule has 122 valence electrons. The highest BCUT2D eigenvalue weighted by atomic mass is 32.2. The third-order valence-corrected chi connectivity index (χ3v) is 5.22. The van der Waals surface area contributed by atoms with E-state index in [1.807, 2.05) is 47.7 Å². The summed E-state index contributed by atoms with van der Waals surface area (Å²) >= 11 is 0. The third kappa shape index (κ3) is 5.41. The van der Waals surface area contributed by atoms with Crippen LogP contribution in [0.1, 0.15) is 0 Å². The average molecular weight is 345 g/mol. The van der Waals surface area contributed by atoms with Gasteiger partial charge in [-0.05, 0) is 12.2 Å². The second-order valence-electron chi connectivity index (χ2n) is 5.05. The van der Waals surface area contributed by atoms with Crippen LogP contribution in [-0.2, 0) is 20.0 Å². The van der Waals surface area contributed by atoms with E-state index in [4.69, 9.17) is 0 Å². The Hall–Kier alpha value is -1.42. The topological polar surface area (TPSA) is 95.6 Å². The van der Waals surface area contributed by atoms with Crippen LogP contribution in [0.4, 0.5) is 0 Å². The van der Waals surface area contributed by atoms with Gasteiger partial charge in [-0.25, -0.2) is 26.3 Å². The lowest BCUT2D eigenvalue weighted by Gasteiger charge is -2.25. The molecule has 2 aliphatic heterocycles. The van der Waals surface area contributed by atoms with Gasteiger partial charge in [-0.1, -0.05) is 18.2 Å². The van der Waals surface area contributed by atoms with E-state index < -0.39 is 20.0 Å². The smallest absolute Gasteiger partial charge is 0.212 e. The lowest BCUT2D eigenvalue weighted by molar-refractivity contribution is 0.565. The Kier molecular flexibility index (Phi) is 5.22. The normalized spacial score (nSPS) is 20.9. The first-order valence-electron chi connectivity index (χ1n) is 6.70. The van der Waals surface area contributed by atoms with Gasteiger partial charge in [-0.3, -0.25) is 0 Å². The number of nitrogens with one attached hydrogen (secondary N) is 2. The molecule has 0 saturated carbocycles. The van der Waals surface area contributed by atoms with Crippen molar-refractivity contribution in [2.75, 3.05) is 25.1 Å². The van der Waals surface area contributed by atoms with Gasteiger partial charge in [0.2, 0.25) is 20.0 Å². The number of hydrogen-bond acceptors (Lipinski definition) is 5. The van der Waals surface area contributed by atoms with Crippen molar-refractivity contribution in [1.82, 2.24) is 14.3 Å². The summed E-state index contributed by atoms with van der Waals surface area (Å²) in [6, 6.07) is 0. The molecule has 1 atom stereocenters. The molecule has 0 fully saturated rings. The van der Waals surface area contributed by atoms with Gasteiger partial charge in [0.05, 0.1) is 12.0 Å². The monoisotopic (exact) mass is 345 g/mol. The SMILES string of the molecule is CS(=O)(=O)NCCNS(=O)(=O)CC1C=CN2C=CC=CC2=C1. The summed E-state index contributed by atoms with van der Waals surface area (Å²) in [7, 11) is -6.79. The van der Waals surface area contributed by atoms with Crippen LogP contribution >= 0.6 is 0 Å². The van der Waals surface area contributed by atoms with Crippen molar-refractivity contribution >= 4 is 20.0 Å². The number of allylic oxidation sites excluding steroid dienone is 5. The molecule has 9 heteroatoms. The molecule has 0 aromatic heterocycles. The molecule has 0 amide bonds. The van der Waals surface area contributed by atoms with Crippen molar-refractivity contribution in [3.05, 3.63) is 48.5 Å². The van der Waals surface area contributed by atoms with Crippen LogP contribution in [0.5, 0.6) is 0 Å². The highest BCUT2D eigenvalue weighted by Gasteiger charge is 2.19. The van der Waals surface area contributed by atoms with Gasteiger partial charge >= 0.3 is 0 Å². The Morgan fingerprint density at radius 3 is 2.55 bits per heavy atom. The molecule has 22 heavy (non-hydrogen) atoms. The molecule has 0 aromatic rings. The largest absolute Gasteiger partial charge is 0.324 e. The van der Waals surface area contributed by atoms with E-state index in [9.17, 15) is 16.8 Å². The van der Waals surface area contributed by atoms with E-state index in [1.54, 1.807) is 0 Å². The van der Waals surface area contributed by atoms with Crippen LogP contribution in [0.25, 0.3) is 0 Å².